The van der Waals surface area contributed by atoms with Crippen molar-refractivity contribution in [3.05, 3.63) is 27.7 Å². The summed E-state index contributed by atoms with van der Waals surface area (Å²) in [7, 11) is 0. The molecule has 2 N–H and O–H groups in total. The van der Waals surface area contributed by atoms with E-state index in [4.69, 9.17) is 5.73 Å². The molecule has 0 bridgehead atoms. The molecule has 0 fully saturated rings. The Bertz CT molecular complexity index is 379. The second-order valence-corrected chi connectivity index (χ2v) is 3.67. The highest BCUT2D eigenvalue weighted by Crippen LogP contribution is 2.30. The summed E-state index contributed by atoms with van der Waals surface area (Å²) in [6.45, 7) is 1.31. The number of hydrogen-bond donors (Lipinski definition) is 1. The Morgan fingerprint density at radius 3 is 2.50 bits per heavy atom. The van der Waals surface area contributed by atoms with Crippen LogP contribution in [0.5, 0.6) is 0 Å². The average Bonchev–Trinajstić information content (AvgIpc) is 2.02. The number of rotatable bonds is 2. The molecule has 0 saturated heterocycles. The summed E-state index contributed by atoms with van der Waals surface area (Å²) in [6, 6.07) is 2.44. The van der Waals surface area contributed by atoms with Crippen molar-refractivity contribution in [2.45, 2.75) is 13.3 Å². The van der Waals surface area contributed by atoms with Crippen molar-refractivity contribution in [2.75, 3.05) is 5.73 Å². The van der Waals surface area contributed by atoms with Crippen LogP contribution in [0.1, 0.15) is 29.3 Å². The summed E-state index contributed by atoms with van der Waals surface area (Å²) in [6.07, 6.45) is -2.67. The van der Waals surface area contributed by atoms with Gasteiger partial charge in [0.25, 0.3) is 6.43 Å². The summed E-state index contributed by atoms with van der Waals surface area (Å²) >= 11 is 3.09. The minimum absolute atomic E-state index is 0.0168. The van der Waals surface area contributed by atoms with Crippen LogP contribution in [0, 0.1) is 0 Å². The number of anilines is 1. The van der Waals surface area contributed by atoms with Crippen molar-refractivity contribution in [1.29, 1.82) is 0 Å². The smallest absolute Gasteiger partial charge is 0.265 e. The van der Waals surface area contributed by atoms with Gasteiger partial charge in [-0.3, -0.25) is 4.79 Å². The molecule has 0 unspecified atom stereocenters. The van der Waals surface area contributed by atoms with Gasteiger partial charge in [0.2, 0.25) is 0 Å². The van der Waals surface area contributed by atoms with E-state index in [2.05, 4.69) is 15.9 Å². The quantitative estimate of drug-likeness (QED) is 0.658. The molecule has 0 radical (unpaired) electrons. The number of carbonyl (C=O) groups excluding carboxylic acids is 1. The van der Waals surface area contributed by atoms with E-state index in [1.807, 2.05) is 0 Å². The van der Waals surface area contributed by atoms with Gasteiger partial charge in [0.15, 0.2) is 5.78 Å². The first-order valence-electron chi connectivity index (χ1n) is 3.81. The Morgan fingerprint density at radius 1 is 1.50 bits per heavy atom. The molecule has 2 nitrogen and oxygen atoms in total. The molecule has 1 rings (SSSR count). The van der Waals surface area contributed by atoms with Crippen LogP contribution in [-0.4, -0.2) is 5.78 Å². The van der Waals surface area contributed by atoms with Crippen LogP contribution in [-0.2, 0) is 0 Å². The lowest BCUT2D eigenvalue weighted by Crippen LogP contribution is -2.01. The Labute approximate surface area is 88.2 Å². The van der Waals surface area contributed by atoms with Crippen LogP contribution >= 0.6 is 15.9 Å². The van der Waals surface area contributed by atoms with E-state index in [-0.39, 0.29) is 22.6 Å². The van der Waals surface area contributed by atoms with Crippen molar-refractivity contribution in [3.8, 4) is 0 Å². The Balaban J connectivity index is 3.34. The van der Waals surface area contributed by atoms with Gasteiger partial charge < -0.3 is 5.73 Å². The summed E-state index contributed by atoms with van der Waals surface area (Å²) in [5.74, 6) is -0.279. The van der Waals surface area contributed by atoms with Gasteiger partial charge in [0.05, 0.1) is 0 Å². The molecule has 0 heterocycles. The fraction of sp³-hybridized carbons (Fsp3) is 0.222. The molecule has 0 aliphatic heterocycles. The zero-order chi connectivity index (χ0) is 10.9. The third kappa shape index (κ3) is 2.09. The second kappa shape index (κ2) is 4.04. The van der Waals surface area contributed by atoms with Crippen LogP contribution < -0.4 is 5.73 Å². The first-order valence-corrected chi connectivity index (χ1v) is 4.60. The van der Waals surface area contributed by atoms with E-state index in [9.17, 15) is 13.6 Å². The van der Waals surface area contributed by atoms with Crippen LogP contribution in [0.4, 0.5) is 14.5 Å². The summed E-state index contributed by atoms with van der Waals surface area (Å²) in [4.78, 5) is 11.0. The lowest BCUT2D eigenvalue weighted by Gasteiger charge is -2.08. The van der Waals surface area contributed by atoms with E-state index in [1.54, 1.807) is 0 Å². The number of alkyl halides is 2. The van der Waals surface area contributed by atoms with E-state index < -0.39 is 6.43 Å². The molecular weight excluding hydrogens is 256 g/mol. The van der Waals surface area contributed by atoms with E-state index in [0.29, 0.717) is 4.47 Å². The molecule has 0 spiro atoms. The zero-order valence-corrected chi connectivity index (χ0v) is 8.94. The molecule has 1 aromatic carbocycles. The highest BCUT2D eigenvalue weighted by atomic mass is 79.9. The second-order valence-electron chi connectivity index (χ2n) is 2.82. The van der Waals surface area contributed by atoms with E-state index in [1.165, 1.54) is 13.0 Å². The molecule has 14 heavy (non-hydrogen) atoms. The molecule has 0 aliphatic rings. The number of Topliss-reactive ketones (excluding diaryl/α,β-unsaturated/α-hetero) is 1. The van der Waals surface area contributed by atoms with Gasteiger partial charge >= 0.3 is 0 Å². The van der Waals surface area contributed by atoms with E-state index in [0.717, 1.165) is 6.07 Å². The minimum atomic E-state index is -2.67. The highest BCUT2D eigenvalue weighted by Gasteiger charge is 2.15. The predicted octanol–water partition coefficient (Wildman–Crippen LogP) is 3.17. The fourth-order valence-corrected chi connectivity index (χ4v) is 1.70. The van der Waals surface area contributed by atoms with Crippen LogP contribution in [0.25, 0.3) is 0 Å². The molecule has 5 heteroatoms. The first kappa shape index (κ1) is 11.1. The Hall–Kier alpha value is -0.970. The number of benzene rings is 1. The van der Waals surface area contributed by atoms with Gasteiger partial charge in [-0.2, -0.15) is 0 Å². The maximum absolute atomic E-state index is 12.4. The van der Waals surface area contributed by atoms with Gasteiger partial charge in [-0.05, 0) is 35.0 Å². The summed E-state index contributed by atoms with van der Waals surface area (Å²) in [5, 5.41) is 0. The largest absolute Gasteiger partial charge is 0.398 e. The topological polar surface area (TPSA) is 43.1 Å². The maximum atomic E-state index is 12.4. The van der Waals surface area contributed by atoms with Crippen molar-refractivity contribution < 1.29 is 13.6 Å². The molecular formula is C9H8BrF2NO. The van der Waals surface area contributed by atoms with Crippen LogP contribution in [0.15, 0.2) is 16.6 Å². The van der Waals surface area contributed by atoms with Crippen molar-refractivity contribution >= 4 is 27.4 Å². The van der Waals surface area contributed by atoms with E-state index >= 15 is 0 Å². The number of halogens is 3. The molecule has 0 aromatic heterocycles. The first-order chi connectivity index (χ1) is 6.43. The van der Waals surface area contributed by atoms with Gasteiger partial charge in [-0.1, -0.05) is 0 Å². The van der Waals surface area contributed by atoms with Crippen molar-refractivity contribution in [1.82, 2.24) is 0 Å². The summed E-state index contributed by atoms with van der Waals surface area (Å²) in [5.41, 5.74) is 5.26. The van der Waals surface area contributed by atoms with Gasteiger partial charge in [-0.15, -0.1) is 0 Å². The minimum Gasteiger partial charge on any atom is -0.398 e. The fourth-order valence-electron chi connectivity index (χ4n) is 1.06. The number of nitrogens with two attached hydrogens (primary N) is 1. The van der Waals surface area contributed by atoms with Gasteiger partial charge in [-0.25, -0.2) is 8.78 Å². The normalized spacial score (nSPS) is 10.6. The van der Waals surface area contributed by atoms with Crippen LogP contribution in [0.2, 0.25) is 0 Å². The van der Waals surface area contributed by atoms with Crippen molar-refractivity contribution in [3.63, 3.8) is 0 Å². The van der Waals surface area contributed by atoms with Crippen molar-refractivity contribution in [2.24, 2.45) is 0 Å². The molecule has 0 saturated carbocycles. The van der Waals surface area contributed by atoms with Gasteiger partial charge in [0.1, 0.15) is 0 Å². The monoisotopic (exact) mass is 263 g/mol. The molecule has 0 aliphatic carbocycles. The lowest BCUT2D eigenvalue weighted by molar-refractivity contribution is 0.101. The molecule has 1 aromatic rings. The standard InChI is InChI=1S/C9H8BrF2NO/c1-4(14)5-2-6(9(11)12)8(13)3-7(5)10/h2-3,9H,13H2,1H3. The molecule has 0 amide bonds. The predicted molar refractivity (Wildman–Crippen MR) is 53.5 cm³/mol. The summed E-state index contributed by atoms with van der Waals surface area (Å²) < 4.78 is 25.2. The molecule has 0 atom stereocenters. The highest BCUT2D eigenvalue weighted by molar-refractivity contribution is 9.10. The Morgan fingerprint density at radius 2 is 2.07 bits per heavy atom. The SMILES string of the molecule is CC(=O)c1cc(C(F)F)c(N)cc1Br. The van der Waals surface area contributed by atoms with Crippen LogP contribution in [0.3, 0.4) is 0 Å². The van der Waals surface area contributed by atoms with Gasteiger partial charge in [0, 0.05) is 21.3 Å². The number of nitrogen functional groups attached to an aromatic ring is 1. The molecule has 76 valence electrons. The lowest BCUT2D eigenvalue weighted by atomic mass is 10.1. The number of ketones is 1. The number of carbonyl (C=O) groups is 1. The Kier molecular flexibility index (Phi) is 3.21. The zero-order valence-electron chi connectivity index (χ0n) is 7.35. The third-order valence-corrected chi connectivity index (χ3v) is 2.44. The number of hydrogen-bond acceptors (Lipinski definition) is 2. The third-order valence-electron chi connectivity index (χ3n) is 1.79. The maximum Gasteiger partial charge on any atom is 0.265 e. The average molecular weight is 264 g/mol.